The van der Waals surface area contributed by atoms with E-state index in [-0.39, 0.29) is 27.9 Å². The molecule has 0 aliphatic heterocycles. The lowest BCUT2D eigenvalue weighted by atomic mass is 9.93. The summed E-state index contributed by atoms with van der Waals surface area (Å²) in [5.74, 6) is 0. The molecular weight excluding hydrogens is 633 g/mol. The molecule has 0 aliphatic rings. The monoisotopic (exact) mass is 652 g/mol. The number of hydrogen-bond acceptors (Lipinski definition) is 4. The maximum absolute atomic E-state index is 14.9. The first kappa shape index (κ1) is 30.0. The SMILES string of the molecule is N#Cc1ccc(-c2cc(-n3c4ccccc4c4ccc(C#N)cc43)c(C#N)cc2-n2c3ccccc3c3ccc(C#N)cc32)c(C(F)(F)F)c1. The van der Waals surface area contributed by atoms with Crippen LogP contribution < -0.4 is 0 Å². The zero-order chi connectivity index (χ0) is 34.7. The number of rotatable bonds is 3. The summed E-state index contributed by atoms with van der Waals surface area (Å²) in [4.78, 5) is 0. The van der Waals surface area contributed by atoms with Crippen molar-refractivity contribution < 1.29 is 13.2 Å². The van der Waals surface area contributed by atoms with E-state index >= 15 is 0 Å². The number of aromatic nitrogens is 2. The van der Waals surface area contributed by atoms with Crippen molar-refractivity contribution in [2.24, 2.45) is 0 Å². The van der Waals surface area contributed by atoms with Crippen molar-refractivity contribution in [2.75, 3.05) is 0 Å². The first-order valence-electron chi connectivity index (χ1n) is 15.3. The summed E-state index contributed by atoms with van der Waals surface area (Å²) in [6.07, 6.45) is -4.84. The van der Waals surface area contributed by atoms with Crippen LogP contribution in [0.1, 0.15) is 27.8 Å². The molecule has 6 aromatic carbocycles. The number of nitrogens with zero attached hydrogens (tertiary/aromatic N) is 6. The normalized spacial score (nSPS) is 11.4. The standard InChI is InChI=1S/C41H19F3N6/c42-41(43,44)34-15-24(20-45)9-12-28(34)33-19-37(49-35-7-3-1-5-29(35)31-13-10-25(21-46)16-38(31)49)27(23-48)18-40(33)50-36-8-4-2-6-30(36)32-14-11-26(22-47)17-39(32)50/h1-19H. The second kappa shape index (κ2) is 11.1. The van der Waals surface area contributed by atoms with Gasteiger partial charge in [0.15, 0.2) is 0 Å². The number of halogens is 3. The van der Waals surface area contributed by atoms with Crippen LogP contribution in [0.2, 0.25) is 0 Å². The Morgan fingerprint density at radius 3 is 1.44 bits per heavy atom. The number of alkyl halides is 3. The fourth-order valence-corrected chi connectivity index (χ4v) is 6.93. The van der Waals surface area contributed by atoms with E-state index in [2.05, 4.69) is 18.2 Å². The Bertz CT molecular complexity index is 2920. The Kier molecular flexibility index (Phi) is 6.69. The molecule has 0 saturated carbocycles. The molecule has 0 atom stereocenters. The lowest BCUT2D eigenvalue weighted by Gasteiger charge is -2.21. The van der Waals surface area contributed by atoms with Gasteiger partial charge in [-0.15, -0.1) is 0 Å². The average Bonchev–Trinajstić information content (AvgIpc) is 3.65. The van der Waals surface area contributed by atoms with Gasteiger partial charge >= 0.3 is 6.18 Å². The zero-order valence-electron chi connectivity index (χ0n) is 25.8. The van der Waals surface area contributed by atoms with Gasteiger partial charge in [-0.3, -0.25) is 0 Å². The Morgan fingerprint density at radius 1 is 0.440 bits per heavy atom. The highest BCUT2D eigenvalue weighted by atomic mass is 19.4. The maximum Gasteiger partial charge on any atom is 0.417 e. The minimum Gasteiger partial charge on any atom is -0.309 e. The van der Waals surface area contributed by atoms with Crippen molar-refractivity contribution in [1.29, 1.82) is 21.0 Å². The summed E-state index contributed by atoms with van der Waals surface area (Å²) in [6.45, 7) is 0. The average molecular weight is 653 g/mol. The topological polar surface area (TPSA) is 105 Å². The van der Waals surface area contributed by atoms with Crippen LogP contribution in [0.3, 0.4) is 0 Å². The van der Waals surface area contributed by atoms with Crippen LogP contribution >= 0.6 is 0 Å². The molecule has 0 fully saturated rings. The quantitative estimate of drug-likeness (QED) is 0.189. The lowest BCUT2D eigenvalue weighted by Crippen LogP contribution is -2.10. The Labute approximate surface area is 282 Å². The third-order valence-corrected chi connectivity index (χ3v) is 9.07. The fourth-order valence-electron chi connectivity index (χ4n) is 6.93. The van der Waals surface area contributed by atoms with Crippen molar-refractivity contribution in [2.45, 2.75) is 6.18 Å². The van der Waals surface area contributed by atoms with E-state index < -0.39 is 11.7 Å². The van der Waals surface area contributed by atoms with Crippen molar-refractivity contribution in [3.8, 4) is 46.8 Å². The number of para-hydroxylation sites is 2. The Morgan fingerprint density at radius 2 is 0.920 bits per heavy atom. The second-order valence-corrected chi connectivity index (χ2v) is 11.8. The molecular formula is C41H19F3N6. The predicted molar refractivity (Wildman–Crippen MR) is 184 cm³/mol. The highest BCUT2D eigenvalue weighted by Gasteiger charge is 2.35. The molecule has 0 N–H and O–H groups in total. The summed E-state index contributed by atoms with van der Waals surface area (Å²) in [5.41, 5.74) is 2.79. The largest absolute Gasteiger partial charge is 0.417 e. The number of hydrogen-bond donors (Lipinski definition) is 0. The van der Waals surface area contributed by atoms with Crippen LogP contribution in [0.15, 0.2) is 115 Å². The number of fused-ring (bicyclic) bond motifs is 6. The van der Waals surface area contributed by atoms with Crippen molar-refractivity contribution in [3.63, 3.8) is 0 Å². The van der Waals surface area contributed by atoms with E-state index in [0.29, 0.717) is 38.9 Å². The summed E-state index contributed by atoms with van der Waals surface area (Å²) < 4.78 is 48.3. The Balaban J connectivity index is 1.58. The first-order valence-corrected chi connectivity index (χ1v) is 15.3. The molecule has 0 bridgehead atoms. The van der Waals surface area contributed by atoms with Gasteiger partial charge in [-0.2, -0.15) is 34.2 Å². The molecule has 0 saturated heterocycles. The van der Waals surface area contributed by atoms with E-state index in [9.17, 15) is 34.2 Å². The van der Waals surface area contributed by atoms with Gasteiger partial charge in [-0.25, -0.2) is 0 Å². The van der Waals surface area contributed by atoms with Crippen LogP contribution in [0.4, 0.5) is 13.2 Å². The van der Waals surface area contributed by atoms with E-state index in [0.717, 1.165) is 27.6 Å². The van der Waals surface area contributed by atoms with Crippen LogP contribution in [0, 0.1) is 45.3 Å². The molecule has 0 unspecified atom stereocenters. The summed E-state index contributed by atoms with van der Waals surface area (Å²) in [7, 11) is 0. The maximum atomic E-state index is 14.9. The van der Waals surface area contributed by atoms with Crippen LogP contribution in [-0.4, -0.2) is 9.13 Å². The second-order valence-electron chi connectivity index (χ2n) is 11.8. The minimum atomic E-state index is -4.84. The highest BCUT2D eigenvalue weighted by molar-refractivity contribution is 6.11. The molecule has 9 heteroatoms. The molecule has 6 nitrogen and oxygen atoms in total. The summed E-state index contributed by atoms with van der Waals surface area (Å²) >= 11 is 0. The van der Waals surface area contributed by atoms with E-state index in [4.69, 9.17) is 0 Å². The number of benzene rings is 6. The Hall–Kier alpha value is -7.33. The zero-order valence-corrected chi connectivity index (χ0v) is 25.8. The van der Waals surface area contributed by atoms with E-state index in [1.54, 1.807) is 51.6 Å². The van der Waals surface area contributed by atoms with Crippen LogP contribution in [0.5, 0.6) is 0 Å². The van der Waals surface area contributed by atoms with E-state index in [1.807, 2.05) is 60.7 Å². The molecule has 2 heterocycles. The smallest absolute Gasteiger partial charge is 0.309 e. The first-order chi connectivity index (χ1) is 24.2. The van der Waals surface area contributed by atoms with Crippen molar-refractivity contribution >= 4 is 43.6 Å². The van der Waals surface area contributed by atoms with Gasteiger partial charge in [-0.1, -0.05) is 54.6 Å². The summed E-state index contributed by atoms with van der Waals surface area (Å²) in [5, 5.41) is 43.1. The third-order valence-electron chi connectivity index (χ3n) is 9.07. The van der Waals surface area contributed by atoms with Crippen molar-refractivity contribution in [1.82, 2.24) is 9.13 Å². The van der Waals surface area contributed by atoms with Crippen LogP contribution in [-0.2, 0) is 6.18 Å². The van der Waals surface area contributed by atoms with Gasteiger partial charge in [0.25, 0.3) is 0 Å². The lowest BCUT2D eigenvalue weighted by molar-refractivity contribution is -0.137. The van der Waals surface area contributed by atoms with Gasteiger partial charge in [0.05, 0.1) is 79.5 Å². The molecule has 8 rings (SSSR count). The summed E-state index contributed by atoms with van der Waals surface area (Å²) in [6, 6.07) is 40.3. The van der Waals surface area contributed by atoms with Gasteiger partial charge < -0.3 is 9.13 Å². The highest BCUT2D eigenvalue weighted by Crippen LogP contribution is 2.44. The molecule has 0 aliphatic carbocycles. The molecule has 0 spiro atoms. The van der Waals surface area contributed by atoms with Gasteiger partial charge in [0.2, 0.25) is 0 Å². The predicted octanol–water partition coefficient (Wildman–Crippen LogP) is 10.1. The molecule has 50 heavy (non-hydrogen) atoms. The molecule has 0 amide bonds. The van der Waals surface area contributed by atoms with Gasteiger partial charge in [0, 0.05) is 27.1 Å². The van der Waals surface area contributed by atoms with Gasteiger partial charge in [0.1, 0.15) is 6.07 Å². The van der Waals surface area contributed by atoms with Crippen LogP contribution in [0.25, 0.3) is 66.1 Å². The minimum absolute atomic E-state index is 0.142. The molecule has 8 aromatic rings. The van der Waals surface area contributed by atoms with E-state index in [1.165, 1.54) is 12.1 Å². The van der Waals surface area contributed by atoms with Gasteiger partial charge in [-0.05, 0) is 66.2 Å². The fraction of sp³-hybridized carbons (Fsp3) is 0.0244. The third kappa shape index (κ3) is 4.47. The molecule has 0 radical (unpaired) electrons. The molecule has 2 aromatic heterocycles. The van der Waals surface area contributed by atoms with Crippen molar-refractivity contribution in [3.05, 3.63) is 143 Å². The molecule has 234 valence electrons. The number of nitriles is 4.